The third-order valence-electron chi connectivity index (χ3n) is 4.06. The second kappa shape index (κ2) is 7.11. The van der Waals surface area contributed by atoms with E-state index in [9.17, 15) is 14.7 Å². The average molecular weight is 290 g/mol. The number of amides is 2. The Labute approximate surface area is 124 Å². The zero-order chi connectivity index (χ0) is 15.2. The number of carbonyl (C=O) groups excluding carboxylic acids is 1. The van der Waals surface area contributed by atoms with Crippen LogP contribution in [0.1, 0.15) is 31.7 Å². The SMILES string of the molecule is CC1CCCC1NC(=O)N[C@H](Cc1ccccc1)C(=O)O. The first-order valence-corrected chi connectivity index (χ1v) is 7.40. The van der Waals surface area contributed by atoms with Crippen LogP contribution in [0.15, 0.2) is 30.3 Å². The molecule has 0 radical (unpaired) electrons. The van der Waals surface area contributed by atoms with Gasteiger partial charge >= 0.3 is 12.0 Å². The molecule has 1 aromatic carbocycles. The standard InChI is InChI=1S/C16H22N2O3/c1-11-6-5-9-13(11)17-16(21)18-14(15(19)20)10-12-7-3-2-4-8-12/h2-4,7-8,11,13-14H,5-6,9-10H2,1H3,(H,19,20)(H2,17,18,21)/t11?,13?,14-/m1/s1. The Bertz CT molecular complexity index is 490. The molecule has 0 heterocycles. The number of carboxylic acid groups (broad SMARTS) is 1. The Morgan fingerprint density at radius 1 is 1.29 bits per heavy atom. The van der Waals surface area contributed by atoms with E-state index in [1.54, 1.807) is 0 Å². The van der Waals surface area contributed by atoms with E-state index in [1.165, 1.54) is 0 Å². The monoisotopic (exact) mass is 290 g/mol. The first kappa shape index (κ1) is 15.4. The maximum atomic E-state index is 12.0. The maximum absolute atomic E-state index is 12.0. The van der Waals surface area contributed by atoms with E-state index in [-0.39, 0.29) is 12.5 Å². The summed E-state index contributed by atoms with van der Waals surface area (Å²) in [5, 5.41) is 14.7. The van der Waals surface area contributed by atoms with Crippen LogP contribution in [-0.2, 0) is 11.2 Å². The lowest BCUT2D eigenvalue weighted by Crippen LogP contribution is -2.50. The van der Waals surface area contributed by atoms with Crippen molar-refractivity contribution in [2.45, 2.75) is 44.7 Å². The number of hydrogen-bond donors (Lipinski definition) is 3. The number of rotatable bonds is 5. The van der Waals surface area contributed by atoms with Crippen molar-refractivity contribution in [3.63, 3.8) is 0 Å². The molecule has 21 heavy (non-hydrogen) atoms. The van der Waals surface area contributed by atoms with Crippen molar-refractivity contribution in [1.29, 1.82) is 0 Å². The Balaban J connectivity index is 1.90. The quantitative estimate of drug-likeness (QED) is 0.777. The Hall–Kier alpha value is -2.04. The first-order valence-electron chi connectivity index (χ1n) is 7.40. The summed E-state index contributed by atoms with van der Waals surface area (Å²) in [6.45, 7) is 2.11. The van der Waals surface area contributed by atoms with Crippen molar-refractivity contribution < 1.29 is 14.7 Å². The van der Waals surface area contributed by atoms with Gasteiger partial charge in [-0.05, 0) is 24.3 Å². The van der Waals surface area contributed by atoms with Gasteiger partial charge < -0.3 is 15.7 Å². The van der Waals surface area contributed by atoms with Gasteiger partial charge in [-0.1, -0.05) is 43.7 Å². The lowest BCUT2D eigenvalue weighted by molar-refractivity contribution is -0.139. The van der Waals surface area contributed by atoms with Gasteiger partial charge in [0.2, 0.25) is 0 Å². The summed E-state index contributed by atoms with van der Waals surface area (Å²) in [4.78, 5) is 23.3. The van der Waals surface area contributed by atoms with E-state index in [0.717, 1.165) is 24.8 Å². The largest absolute Gasteiger partial charge is 0.480 e. The fourth-order valence-corrected chi connectivity index (χ4v) is 2.78. The maximum Gasteiger partial charge on any atom is 0.326 e. The molecule has 2 unspecified atom stereocenters. The molecule has 0 spiro atoms. The zero-order valence-corrected chi connectivity index (χ0v) is 12.2. The van der Waals surface area contributed by atoms with Gasteiger partial charge in [0.1, 0.15) is 6.04 Å². The molecular weight excluding hydrogens is 268 g/mol. The number of benzene rings is 1. The van der Waals surface area contributed by atoms with Crippen molar-refractivity contribution >= 4 is 12.0 Å². The Morgan fingerprint density at radius 3 is 2.57 bits per heavy atom. The molecule has 2 rings (SSSR count). The summed E-state index contributed by atoms with van der Waals surface area (Å²) < 4.78 is 0. The summed E-state index contributed by atoms with van der Waals surface area (Å²) in [6, 6.07) is 8.14. The third kappa shape index (κ3) is 4.48. The summed E-state index contributed by atoms with van der Waals surface area (Å²) in [7, 11) is 0. The minimum absolute atomic E-state index is 0.149. The highest BCUT2D eigenvalue weighted by molar-refractivity contribution is 5.82. The van der Waals surface area contributed by atoms with Crippen LogP contribution in [0.25, 0.3) is 0 Å². The Morgan fingerprint density at radius 2 is 2.00 bits per heavy atom. The number of aliphatic carboxylic acids is 1. The van der Waals surface area contributed by atoms with Crippen molar-refractivity contribution in [2.24, 2.45) is 5.92 Å². The highest BCUT2D eigenvalue weighted by Crippen LogP contribution is 2.24. The van der Waals surface area contributed by atoms with Crippen molar-refractivity contribution in [3.05, 3.63) is 35.9 Å². The number of nitrogens with one attached hydrogen (secondary N) is 2. The number of hydrogen-bond acceptors (Lipinski definition) is 2. The van der Waals surface area contributed by atoms with Crippen LogP contribution in [0, 0.1) is 5.92 Å². The van der Waals surface area contributed by atoms with Crippen LogP contribution < -0.4 is 10.6 Å². The molecule has 1 fully saturated rings. The van der Waals surface area contributed by atoms with Gasteiger partial charge in [-0.15, -0.1) is 0 Å². The molecule has 3 atom stereocenters. The van der Waals surface area contributed by atoms with Gasteiger partial charge in [0.25, 0.3) is 0 Å². The zero-order valence-electron chi connectivity index (χ0n) is 12.2. The normalized spacial score (nSPS) is 22.5. The summed E-state index contributed by atoms with van der Waals surface area (Å²) in [5.41, 5.74) is 0.888. The molecule has 0 aliphatic heterocycles. The molecule has 114 valence electrons. The lowest BCUT2D eigenvalue weighted by atomic mass is 10.1. The van der Waals surface area contributed by atoms with E-state index >= 15 is 0 Å². The van der Waals surface area contributed by atoms with Crippen LogP contribution in [0.4, 0.5) is 4.79 Å². The van der Waals surface area contributed by atoms with Gasteiger partial charge in [-0.2, -0.15) is 0 Å². The fraction of sp³-hybridized carbons (Fsp3) is 0.500. The highest BCUT2D eigenvalue weighted by atomic mass is 16.4. The molecule has 1 aliphatic rings. The molecule has 1 aliphatic carbocycles. The predicted octanol–water partition coefficient (Wildman–Crippen LogP) is 2.17. The second-order valence-corrected chi connectivity index (χ2v) is 5.71. The average Bonchev–Trinajstić information content (AvgIpc) is 2.84. The molecule has 5 nitrogen and oxygen atoms in total. The van der Waals surface area contributed by atoms with Crippen LogP contribution in [0.2, 0.25) is 0 Å². The number of carboxylic acids is 1. The lowest BCUT2D eigenvalue weighted by Gasteiger charge is -2.20. The van der Waals surface area contributed by atoms with Gasteiger partial charge in [-0.3, -0.25) is 0 Å². The van der Waals surface area contributed by atoms with E-state index in [2.05, 4.69) is 17.6 Å². The highest BCUT2D eigenvalue weighted by Gasteiger charge is 2.26. The summed E-state index contributed by atoms with van der Waals surface area (Å²) in [6.07, 6.45) is 3.46. The summed E-state index contributed by atoms with van der Waals surface area (Å²) >= 11 is 0. The van der Waals surface area contributed by atoms with Crippen molar-refractivity contribution in [2.75, 3.05) is 0 Å². The molecule has 3 N–H and O–H groups in total. The van der Waals surface area contributed by atoms with Crippen molar-refractivity contribution in [3.8, 4) is 0 Å². The topological polar surface area (TPSA) is 78.4 Å². The van der Waals surface area contributed by atoms with E-state index < -0.39 is 18.0 Å². The molecule has 1 saturated carbocycles. The van der Waals surface area contributed by atoms with E-state index in [1.807, 2.05) is 30.3 Å². The number of urea groups is 1. The van der Waals surface area contributed by atoms with Gasteiger partial charge in [0.05, 0.1) is 0 Å². The Kier molecular flexibility index (Phi) is 5.20. The fourth-order valence-electron chi connectivity index (χ4n) is 2.78. The van der Waals surface area contributed by atoms with Crippen LogP contribution in [-0.4, -0.2) is 29.2 Å². The molecular formula is C16H22N2O3. The molecule has 5 heteroatoms. The number of carbonyl (C=O) groups is 2. The molecule has 0 bridgehead atoms. The minimum Gasteiger partial charge on any atom is -0.480 e. The molecule has 0 saturated heterocycles. The molecule has 2 amide bonds. The predicted molar refractivity (Wildman–Crippen MR) is 80.0 cm³/mol. The van der Waals surface area contributed by atoms with Crippen molar-refractivity contribution in [1.82, 2.24) is 10.6 Å². The van der Waals surface area contributed by atoms with Crippen LogP contribution >= 0.6 is 0 Å². The second-order valence-electron chi connectivity index (χ2n) is 5.71. The van der Waals surface area contributed by atoms with E-state index in [0.29, 0.717) is 5.92 Å². The first-order chi connectivity index (χ1) is 10.1. The van der Waals surface area contributed by atoms with Gasteiger partial charge in [-0.25, -0.2) is 9.59 Å². The van der Waals surface area contributed by atoms with Gasteiger partial charge in [0, 0.05) is 12.5 Å². The smallest absolute Gasteiger partial charge is 0.326 e. The van der Waals surface area contributed by atoms with Gasteiger partial charge in [0.15, 0.2) is 0 Å². The summed E-state index contributed by atoms with van der Waals surface area (Å²) in [5.74, 6) is -0.568. The molecule has 0 aromatic heterocycles. The van der Waals surface area contributed by atoms with E-state index in [4.69, 9.17) is 0 Å². The van der Waals surface area contributed by atoms with Crippen LogP contribution in [0.5, 0.6) is 0 Å². The van der Waals surface area contributed by atoms with Crippen LogP contribution in [0.3, 0.4) is 0 Å². The third-order valence-corrected chi connectivity index (χ3v) is 4.06. The minimum atomic E-state index is -1.02. The molecule has 1 aromatic rings.